The van der Waals surface area contributed by atoms with Crippen LogP contribution in [0.3, 0.4) is 0 Å². The van der Waals surface area contributed by atoms with Crippen LogP contribution < -0.4 is 0 Å². The van der Waals surface area contributed by atoms with Gasteiger partial charge in [-0.1, -0.05) is 17.7 Å². The van der Waals surface area contributed by atoms with Gasteiger partial charge in [0, 0.05) is 15.4 Å². The number of hydrogen-bond acceptors (Lipinski definition) is 2. The van der Waals surface area contributed by atoms with Crippen LogP contribution >= 0.6 is 38.9 Å². The Morgan fingerprint density at radius 1 is 1.38 bits per heavy atom. The first-order valence-electron chi connectivity index (χ1n) is 4.44. The Morgan fingerprint density at radius 2 is 2.12 bits per heavy atom. The van der Waals surface area contributed by atoms with Crippen LogP contribution in [0, 0.1) is 5.82 Å². The van der Waals surface area contributed by atoms with Gasteiger partial charge in [-0.2, -0.15) is 11.3 Å². The summed E-state index contributed by atoms with van der Waals surface area (Å²) in [6.07, 6.45) is -0.840. The molecule has 1 atom stereocenters. The van der Waals surface area contributed by atoms with Crippen molar-refractivity contribution >= 4 is 38.9 Å². The van der Waals surface area contributed by atoms with Gasteiger partial charge >= 0.3 is 0 Å². The molecule has 84 valence electrons. The molecule has 1 N–H and O–H groups in total. The summed E-state index contributed by atoms with van der Waals surface area (Å²) in [5.74, 6) is -0.524. The summed E-state index contributed by atoms with van der Waals surface area (Å²) in [4.78, 5) is 0. The first-order valence-corrected chi connectivity index (χ1v) is 6.55. The lowest BCUT2D eigenvalue weighted by Gasteiger charge is -2.10. The van der Waals surface area contributed by atoms with Gasteiger partial charge in [-0.25, -0.2) is 4.39 Å². The van der Waals surface area contributed by atoms with E-state index in [4.69, 9.17) is 11.6 Å². The molecule has 2 aromatic rings. The highest BCUT2D eigenvalue weighted by Gasteiger charge is 2.15. The van der Waals surface area contributed by atoms with Crippen molar-refractivity contribution in [2.24, 2.45) is 0 Å². The zero-order chi connectivity index (χ0) is 11.7. The van der Waals surface area contributed by atoms with Gasteiger partial charge in [0.2, 0.25) is 0 Å². The quantitative estimate of drug-likeness (QED) is 0.870. The molecule has 0 spiro atoms. The maximum Gasteiger partial charge on any atom is 0.142 e. The molecule has 1 heterocycles. The van der Waals surface area contributed by atoms with Crippen molar-refractivity contribution in [3.05, 3.63) is 55.4 Å². The molecular formula is C11H7BrClFOS. The summed E-state index contributed by atoms with van der Waals surface area (Å²) in [6.45, 7) is 0. The minimum atomic E-state index is -0.840. The van der Waals surface area contributed by atoms with Crippen LogP contribution in [-0.4, -0.2) is 5.11 Å². The number of hydrogen-bond donors (Lipinski definition) is 1. The van der Waals surface area contributed by atoms with E-state index in [1.54, 1.807) is 6.07 Å². The van der Waals surface area contributed by atoms with Crippen molar-refractivity contribution in [3.63, 3.8) is 0 Å². The average molecular weight is 322 g/mol. The molecule has 0 aliphatic heterocycles. The lowest BCUT2D eigenvalue weighted by Crippen LogP contribution is -1.99. The van der Waals surface area contributed by atoms with Crippen molar-refractivity contribution in [3.8, 4) is 0 Å². The average Bonchev–Trinajstić information content (AvgIpc) is 2.67. The van der Waals surface area contributed by atoms with Crippen LogP contribution in [-0.2, 0) is 0 Å². The summed E-state index contributed by atoms with van der Waals surface area (Å²) in [7, 11) is 0. The lowest BCUT2D eigenvalue weighted by molar-refractivity contribution is 0.219. The fourth-order valence-corrected chi connectivity index (χ4v) is 3.00. The Kier molecular flexibility index (Phi) is 3.64. The van der Waals surface area contributed by atoms with Crippen molar-refractivity contribution < 1.29 is 9.50 Å². The van der Waals surface area contributed by atoms with E-state index in [1.165, 1.54) is 23.5 Å². The van der Waals surface area contributed by atoms with E-state index in [9.17, 15) is 9.50 Å². The summed E-state index contributed by atoms with van der Waals surface area (Å²) < 4.78 is 14.0. The van der Waals surface area contributed by atoms with Gasteiger partial charge in [0.1, 0.15) is 11.9 Å². The summed E-state index contributed by atoms with van der Waals surface area (Å²) in [5, 5.41) is 13.8. The van der Waals surface area contributed by atoms with E-state index in [-0.39, 0.29) is 5.02 Å². The third-order valence-corrected chi connectivity index (χ3v) is 4.25. The molecule has 2 rings (SSSR count). The van der Waals surface area contributed by atoms with E-state index in [2.05, 4.69) is 15.9 Å². The van der Waals surface area contributed by atoms with E-state index in [0.717, 1.165) is 10.0 Å². The Morgan fingerprint density at radius 3 is 2.69 bits per heavy atom. The van der Waals surface area contributed by atoms with Gasteiger partial charge < -0.3 is 5.11 Å². The number of benzene rings is 1. The highest BCUT2D eigenvalue weighted by molar-refractivity contribution is 9.10. The monoisotopic (exact) mass is 320 g/mol. The predicted molar refractivity (Wildman–Crippen MR) is 67.5 cm³/mol. The molecular weight excluding hydrogens is 315 g/mol. The molecule has 16 heavy (non-hydrogen) atoms. The Labute approximate surface area is 110 Å². The number of thiophene rings is 1. The standard InChI is InChI=1S/C11H7BrClFOS/c12-8-5-16-4-7(8)11(15)6-1-2-9(13)10(14)3-6/h1-5,11,15H. The number of halogens is 3. The minimum Gasteiger partial charge on any atom is -0.384 e. The molecule has 1 aromatic heterocycles. The molecule has 0 radical (unpaired) electrons. The third kappa shape index (κ3) is 2.30. The topological polar surface area (TPSA) is 20.2 Å². The Hall–Kier alpha value is -0.420. The van der Waals surface area contributed by atoms with Crippen molar-refractivity contribution in [1.82, 2.24) is 0 Å². The van der Waals surface area contributed by atoms with Crippen LogP contribution in [0.2, 0.25) is 5.02 Å². The molecule has 5 heteroatoms. The molecule has 0 aliphatic rings. The van der Waals surface area contributed by atoms with Gasteiger partial charge in [0.15, 0.2) is 0 Å². The zero-order valence-electron chi connectivity index (χ0n) is 7.95. The fourth-order valence-electron chi connectivity index (χ4n) is 1.35. The normalized spacial score (nSPS) is 12.8. The second kappa shape index (κ2) is 4.84. The van der Waals surface area contributed by atoms with E-state index in [1.807, 2.05) is 10.8 Å². The highest BCUT2D eigenvalue weighted by atomic mass is 79.9. The lowest BCUT2D eigenvalue weighted by atomic mass is 10.0. The molecule has 1 aromatic carbocycles. The molecule has 0 amide bonds. The number of aliphatic hydroxyl groups is 1. The summed E-state index contributed by atoms with van der Waals surface area (Å²) in [6, 6.07) is 4.30. The Bertz CT molecular complexity index is 514. The molecule has 1 nitrogen and oxygen atoms in total. The third-order valence-electron chi connectivity index (χ3n) is 2.20. The molecule has 0 bridgehead atoms. The van der Waals surface area contributed by atoms with E-state index in [0.29, 0.717) is 5.56 Å². The van der Waals surface area contributed by atoms with Crippen molar-refractivity contribution in [2.75, 3.05) is 0 Å². The first-order chi connectivity index (χ1) is 7.59. The molecule has 0 aliphatic carbocycles. The van der Waals surface area contributed by atoms with Gasteiger partial charge in [-0.05, 0) is 39.0 Å². The SMILES string of the molecule is OC(c1ccc(Cl)c(F)c1)c1cscc1Br. The maximum absolute atomic E-state index is 13.2. The smallest absolute Gasteiger partial charge is 0.142 e. The predicted octanol–water partition coefficient (Wildman–Crippen LogP) is 4.38. The fraction of sp³-hybridized carbons (Fsp3) is 0.0909. The van der Waals surface area contributed by atoms with Crippen LogP contribution in [0.25, 0.3) is 0 Å². The van der Waals surface area contributed by atoms with Gasteiger partial charge in [-0.15, -0.1) is 0 Å². The van der Waals surface area contributed by atoms with Gasteiger partial charge in [0.05, 0.1) is 5.02 Å². The van der Waals surface area contributed by atoms with Crippen LogP contribution in [0.1, 0.15) is 17.2 Å². The molecule has 0 saturated carbocycles. The first kappa shape index (κ1) is 12.0. The summed E-state index contributed by atoms with van der Waals surface area (Å²) >= 11 is 10.4. The highest BCUT2D eigenvalue weighted by Crippen LogP contribution is 2.32. The zero-order valence-corrected chi connectivity index (χ0v) is 11.1. The molecule has 1 unspecified atom stereocenters. The van der Waals surface area contributed by atoms with E-state index >= 15 is 0 Å². The molecule has 0 saturated heterocycles. The van der Waals surface area contributed by atoms with Gasteiger partial charge in [-0.3, -0.25) is 0 Å². The van der Waals surface area contributed by atoms with Crippen LogP contribution in [0.5, 0.6) is 0 Å². The number of aliphatic hydroxyl groups excluding tert-OH is 1. The van der Waals surface area contributed by atoms with Gasteiger partial charge in [0.25, 0.3) is 0 Å². The minimum absolute atomic E-state index is 0.0559. The van der Waals surface area contributed by atoms with Crippen molar-refractivity contribution in [2.45, 2.75) is 6.10 Å². The second-order valence-electron chi connectivity index (χ2n) is 3.25. The number of rotatable bonds is 2. The van der Waals surface area contributed by atoms with Crippen LogP contribution in [0.15, 0.2) is 33.4 Å². The summed E-state index contributed by atoms with van der Waals surface area (Å²) in [5.41, 5.74) is 1.22. The maximum atomic E-state index is 13.2. The van der Waals surface area contributed by atoms with Crippen molar-refractivity contribution in [1.29, 1.82) is 0 Å². The largest absolute Gasteiger partial charge is 0.384 e. The Balaban J connectivity index is 2.38. The van der Waals surface area contributed by atoms with E-state index < -0.39 is 11.9 Å². The molecule has 0 fully saturated rings. The van der Waals surface area contributed by atoms with Crippen LogP contribution in [0.4, 0.5) is 4.39 Å². The second-order valence-corrected chi connectivity index (χ2v) is 5.26.